The Morgan fingerprint density at radius 2 is 1.95 bits per heavy atom. The van der Waals surface area contributed by atoms with Crippen LogP contribution in [0.3, 0.4) is 0 Å². The quantitative estimate of drug-likeness (QED) is 0.764. The second-order valence-corrected chi connectivity index (χ2v) is 4.64. The normalized spacial score (nSPS) is 14.3. The van der Waals surface area contributed by atoms with Gasteiger partial charge in [-0.3, -0.25) is 0 Å². The molecule has 1 unspecified atom stereocenters. The van der Waals surface area contributed by atoms with E-state index in [0.717, 1.165) is 16.3 Å². The molecule has 4 heteroatoms. The number of aliphatic hydroxyl groups excluding tert-OH is 2. The highest BCUT2D eigenvalue weighted by atomic mass is 16.5. The molecular formula is C15H19NO3. The molecule has 4 N–H and O–H groups in total. The Labute approximate surface area is 112 Å². The van der Waals surface area contributed by atoms with E-state index >= 15 is 0 Å². The van der Waals surface area contributed by atoms with E-state index in [2.05, 4.69) is 0 Å². The molecule has 19 heavy (non-hydrogen) atoms. The van der Waals surface area contributed by atoms with E-state index in [9.17, 15) is 5.11 Å². The molecule has 0 aliphatic rings. The molecule has 0 aliphatic carbocycles. The minimum absolute atomic E-state index is 0.0459. The number of aliphatic hydroxyl groups is 2. The maximum Gasteiger partial charge on any atom is 0.132 e. The second kappa shape index (κ2) is 6.02. The van der Waals surface area contributed by atoms with Gasteiger partial charge in [0, 0.05) is 17.0 Å². The number of hydrogen-bond acceptors (Lipinski definition) is 4. The zero-order valence-electron chi connectivity index (χ0n) is 10.9. The van der Waals surface area contributed by atoms with E-state index in [1.54, 1.807) is 0 Å². The summed E-state index contributed by atoms with van der Waals surface area (Å²) in [5.41, 5.74) is 6.84. The Morgan fingerprint density at radius 3 is 2.63 bits per heavy atom. The topological polar surface area (TPSA) is 75.7 Å². The Bertz CT molecular complexity index is 554. The average molecular weight is 261 g/mol. The first-order valence-electron chi connectivity index (χ1n) is 6.32. The van der Waals surface area contributed by atoms with Crippen LogP contribution in [0.25, 0.3) is 10.8 Å². The third-order valence-electron chi connectivity index (χ3n) is 3.03. The van der Waals surface area contributed by atoms with Crippen molar-refractivity contribution in [2.24, 2.45) is 5.73 Å². The van der Waals surface area contributed by atoms with Gasteiger partial charge < -0.3 is 20.7 Å². The third kappa shape index (κ3) is 3.04. The summed E-state index contributed by atoms with van der Waals surface area (Å²) in [7, 11) is 0. The molecule has 0 amide bonds. The van der Waals surface area contributed by atoms with E-state index in [0.29, 0.717) is 5.75 Å². The molecule has 2 aromatic carbocycles. The van der Waals surface area contributed by atoms with E-state index in [4.69, 9.17) is 15.6 Å². The highest BCUT2D eigenvalue weighted by Gasteiger charge is 2.13. The molecule has 0 saturated carbocycles. The van der Waals surface area contributed by atoms with Crippen molar-refractivity contribution in [3.8, 4) is 5.75 Å². The van der Waals surface area contributed by atoms with Crippen molar-refractivity contribution < 1.29 is 14.9 Å². The zero-order valence-corrected chi connectivity index (χ0v) is 10.9. The van der Waals surface area contributed by atoms with Crippen molar-refractivity contribution in [1.29, 1.82) is 0 Å². The fraction of sp³-hybridized carbons (Fsp3) is 0.333. The summed E-state index contributed by atoms with van der Waals surface area (Å²) < 4.78 is 5.67. The smallest absolute Gasteiger partial charge is 0.132 e. The maximum atomic E-state index is 9.41. The number of benzene rings is 2. The number of rotatable bonds is 5. The lowest BCUT2D eigenvalue weighted by Gasteiger charge is -2.18. The Morgan fingerprint density at radius 1 is 1.21 bits per heavy atom. The number of fused-ring (bicyclic) bond motifs is 1. The first-order valence-corrected chi connectivity index (χ1v) is 6.32. The maximum absolute atomic E-state index is 9.41. The number of hydrogen-bond donors (Lipinski definition) is 3. The second-order valence-electron chi connectivity index (χ2n) is 4.64. The van der Waals surface area contributed by atoms with Gasteiger partial charge in [0.15, 0.2) is 0 Å². The fourth-order valence-corrected chi connectivity index (χ4v) is 2.01. The minimum atomic E-state index is -0.889. The molecular weight excluding hydrogens is 242 g/mol. The van der Waals surface area contributed by atoms with Crippen molar-refractivity contribution >= 4 is 10.8 Å². The molecule has 0 bridgehead atoms. The van der Waals surface area contributed by atoms with Crippen LogP contribution >= 0.6 is 0 Å². The van der Waals surface area contributed by atoms with Crippen LogP contribution in [0.5, 0.6) is 5.75 Å². The SMILES string of the molecule is C[C@@H](N)c1ccc2ccccc2c1OCC(O)CO. The van der Waals surface area contributed by atoms with Crippen LogP contribution in [0.2, 0.25) is 0 Å². The van der Waals surface area contributed by atoms with Crippen molar-refractivity contribution in [3.05, 3.63) is 42.0 Å². The van der Waals surface area contributed by atoms with Gasteiger partial charge in [-0.15, -0.1) is 0 Å². The molecule has 0 heterocycles. The average Bonchev–Trinajstić information content (AvgIpc) is 2.43. The molecule has 102 valence electrons. The van der Waals surface area contributed by atoms with Crippen LogP contribution < -0.4 is 10.5 Å². The molecule has 4 nitrogen and oxygen atoms in total. The predicted molar refractivity (Wildman–Crippen MR) is 75.1 cm³/mol. The lowest BCUT2D eigenvalue weighted by atomic mass is 10.0. The van der Waals surface area contributed by atoms with Gasteiger partial charge in [-0.2, -0.15) is 0 Å². The van der Waals surface area contributed by atoms with Crippen LogP contribution in [0.1, 0.15) is 18.5 Å². The summed E-state index contributed by atoms with van der Waals surface area (Å²) in [6.45, 7) is 1.61. The summed E-state index contributed by atoms with van der Waals surface area (Å²) in [5, 5.41) is 20.3. The summed E-state index contributed by atoms with van der Waals surface area (Å²) in [5.74, 6) is 0.681. The largest absolute Gasteiger partial charge is 0.490 e. The summed E-state index contributed by atoms with van der Waals surface area (Å²) in [6, 6.07) is 11.6. The highest BCUT2D eigenvalue weighted by molar-refractivity contribution is 5.89. The Hall–Kier alpha value is -1.62. The van der Waals surface area contributed by atoms with Crippen molar-refractivity contribution in [3.63, 3.8) is 0 Å². The lowest BCUT2D eigenvalue weighted by Crippen LogP contribution is -2.22. The van der Waals surface area contributed by atoms with E-state index < -0.39 is 6.10 Å². The van der Waals surface area contributed by atoms with Gasteiger partial charge in [0.1, 0.15) is 18.5 Å². The summed E-state index contributed by atoms with van der Waals surface area (Å²) in [4.78, 5) is 0. The summed E-state index contributed by atoms with van der Waals surface area (Å²) in [6.07, 6.45) is -0.889. The van der Waals surface area contributed by atoms with Crippen LogP contribution in [-0.2, 0) is 0 Å². The molecule has 2 rings (SSSR count). The first kappa shape index (κ1) is 13.8. The van der Waals surface area contributed by atoms with E-state index in [1.165, 1.54) is 0 Å². The Balaban J connectivity index is 2.43. The molecule has 2 atom stereocenters. The van der Waals surface area contributed by atoms with Gasteiger partial charge in [0.2, 0.25) is 0 Å². The standard InChI is InChI=1S/C15H19NO3/c1-10(16)13-7-6-11-4-2-3-5-14(11)15(13)19-9-12(18)8-17/h2-7,10,12,17-18H,8-9,16H2,1H3/t10-,12?/m1/s1. The van der Waals surface area contributed by atoms with Gasteiger partial charge in [0.05, 0.1) is 6.61 Å². The third-order valence-corrected chi connectivity index (χ3v) is 3.03. The molecule has 2 aromatic rings. The monoisotopic (exact) mass is 261 g/mol. The lowest BCUT2D eigenvalue weighted by molar-refractivity contribution is 0.0537. The summed E-state index contributed by atoms with van der Waals surface area (Å²) >= 11 is 0. The highest BCUT2D eigenvalue weighted by Crippen LogP contribution is 2.32. The molecule has 0 saturated heterocycles. The zero-order chi connectivity index (χ0) is 13.8. The molecule has 0 spiro atoms. The van der Waals surface area contributed by atoms with Gasteiger partial charge in [-0.05, 0) is 12.3 Å². The molecule has 0 aliphatic heterocycles. The number of nitrogens with two attached hydrogens (primary N) is 1. The van der Waals surface area contributed by atoms with Gasteiger partial charge in [-0.1, -0.05) is 36.4 Å². The van der Waals surface area contributed by atoms with Gasteiger partial charge >= 0.3 is 0 Å². The fourth-order valence-electron chi connectivity index (χ4n) is 2.01. The number of ether oxygens (including phenoxy) is 1. The Kier molecular flexibility index (Phi) is 4.37. The van der Waals surface area contributed by atoms with Crippen molar-refractivity contribution in [2.75, 3.05) is 13.2 Å². The van der Waals surface area contributed by atoms with Crippen molar-refractivity contribution in [1.82, 2.24) is 0 Å². The first-order chi connectivity index (χ1) is 9.13. The minimum Gasteiger partial charge on any atom is -0.490 e. The molecule has 0 aromatic heterocycles. The van der Waals surface area contributed by atoms with Crippen LogP contribution in [0.15, 0.2) is 36.4 Å². The molecule has 0 fully saturated rings. The van der Waals surface area contributed by atoms with Crippen LogP contribution in [0, 0.1) is 0 Å². The predicted octanol–water partition coefficient (Wildman–Crippen LogP) is 1.59. The van der Waals surface area contributed by atoms with Crippen LogP contribution in [0.4, 0.5) is 0 Å². The van der Waals surface area contributed by atoms with E-state index in [1.807, 2.05) is 43.3 Å². The van der Waals surface area contributed by atoms with E-state index in [-0.39, 0.29) is 19.3 Å². The van der Waals surface area contributed by atoms with Crippen LogP contribution in [-0.4, -0.2) is 29.5 Å². The van der Waals surface area contributed by atoms with Gasteiger partial charge in [0.25, 0.3) is 0 Å². The van der Waals surface area contributed by atoms with Gasteiger partial charge in [-0.25, -0.2) is 0 Å². The molecule has 0 radical (unpaired) electrons. The van der Waals surface area contributed by atoms with Crippen molar-refractivity contribution in [2.45, 2.75) is 19.1 Å².